The van der Waals surface area contributed by atoms with Gasteiger partial charge < -0.3 is 5.32 Å². The van der Waals surface area contributed by atoms with Crippen LogP contribution in [0.1, 0.15) is 18.4 Å². The standard InChI is InChI=1S/C16H18N2O3S2/c19-16(17-12-13-6-2-1-3-7-13)14-8-4-10-18(14)23(20,21)15-9-5-11-22-15/h1-3,5-7,9,11,14H,4,8,10,12H2,(H,17,19). The van der Waals surface area contributed by atoms with Crippen molar-refractivity contribution in [3.05, 3.63) is 53.4 Å². The van der Waals surface area contributed by atoms with E-state index in [-0.39, 0.29) is 5.91 Å². The molecule has 1 aromatic heterocycles. The van der Waals surface area contributed by atoms with Gasteiger partial charge in [-0.2, -0.15) is 4.31 Å². The molecule has 1 N–H and O–H groups in total. The number of carbonyl (C=O) groups excluding carboxylic acids is 1. The van der Waals surface area contributed by atoms with Crippen molar-refractivity contribution in [2.75, 3.05) is 6.54 Å². The molecule has 1 aromatic carbocycles. The quantitative estimate of drug-likeness (QED) is 0.899. The Hall–Kier alpha value is -1.70. The largest absolute Gasteiger partial charge is 0.351 e. The minimum absolute atomic E-state index is 0.230. The second-order valence-electron chi connectivity index (χ2n) is 5.41. The third-order valence-corrected chi connectivity index (χ3v) is 7.16. The zero-order chi connectivity index (χ0) is 16.3. The molecule has 7 heteroatoms. The minimum Gasteiger partial charge on any atom is -0.351 e. The van der Waals surface area contributed by atoms with Gasteiger partial charge >= 0.3 is 0 Å². The van der Waals surface area contributed by atoms with Crippen LogP contribution in [0.4, 0.5) is 0 Å². The molecule has 0 bridgehead atoms. The molecule has 1 amide bonds. The number of thiophene rings is 1. The lowest BCUT2D eigenvalue weighted by Crippen LogP contribution is -2.45. The Balaban J connectivity index is 1.70. The molecule has 122 valence electrons. The molecule has 1 unspecified atom stereocenters. The summed E-state index contributed by atoms with van der Waals surface area (Å²) >= 11 is 1.18. The van der Waals surface area contributed by atoms with E-state index in [1.165, 1.54) is 15.6 Å². The summed E-state index contributed by atoms with van der Waals surface area (Å²) in [4.78, 5) is 12.4. The van der Waals surface area contributed by atoms with Crippen LogP contribution in [0.5, 0.6) is 0 Å². The number of sulfonamides is 1. The van der Waals surface area contributed by atoms with Crippen molar-refractivity contribution in [2.45, 2.75) is 29.6 Å². The molecule has 2 aromatic rings. The molecule has 1 aliphatic rings. The van der Waals surface area contributed by atoms with Crippen molar-refractivity contribution in [3.8, 4) is 0 Å². The van der Waals surface area contributed by atoms with E-state index in [2.05, 4.69) is 5.32 Å². The Morgan fingerprint density at radius 3 is 2.70 bits per heavy atom. The molecular formula is C16H18N2O3S2. The summed E-state index contributed by atoms with van der Waals surface area (Å²) in [7, 11) is -3.58. The summed E-state index contributed by atoms with van der Waals surface area (Å²) in [5.74, 6) is -0.230. The van der Waals surface area contributed by atoms with Gasteiger partial charge in [-0.05, 0) is 29.9 Å². The smallest absolute Gasteiger partial charge is 0.253 e. The number of carbonyl (C=O) groups is 1. The molecule has 3 rings (SSSR count). The normalized spacial score (nSPS) is 18.9. The fraction of sp³-hybridized carbons (Fsp3) is 0.312. The highest BCUT2D eigenvalue weighted by Gasteiger charge is 2.39. The zero-order valence-corrected chi connectivity index (χ0v) is 14.1. The number of rotatable bonds is 5. The van der Waals surface area contributed by atoms with E-state index in [1.54, 1.807) is 17.5 Å². The number of hydrogen-bond acceptors (Lipinski definition) is 4. The molecule has 1 fully saturated rings. The van der Waals surface area contributed by atoms with Crippen LogP contribution in [0.15, 0.2) is 52.1 Å². The molecule has 0 radical (unpaired) electrons. The van der Waals surface area contributed by atoms with E-state index in [4.69, 9.17) is 0 Å². The highest BCUT2D eigenvalue weighted by molar-refractivity contribution is 7.91. The van der Waals surface area contributed by atoms with Gasteiger partial charge in [-0.25, -0.2) is 8.42 Å². The number of benzene rings is 1. The van der Waals surface area contributed by atoms with E-state index in [0.717, 1.165) is 5.56 Å². The van der Waals surface area contributed by atoms with Gasteiger partial charge in [0.05, 0.1) is 0 Å². The molecule has 1 aliphatic heterocycles. The van der Waals surface area contributed by atoms with Crippen molar-refractivity contribution in [1.29, 1.82) is 0 Å². The maximum atomic E-state index is 12.6. The lowest BCUT2D eigenvalue weighted by Gasteiger charge is -2.22. The zero-order valence-electron chi connectivity index (χ0n) is 12.5. The van der Waals surface area contributed by atoms with Crippen LogP contribution < -0.4 is 5.32 Å². The molecule has 2 heterocycles. The fourth-order valence-corrected chi connectivity index (χ4v) is 5.49. The average Bonchev–Trinajstić information content (AvgIpc) is 3.25. The first-order chi connectivity index (χ1) is 11.1. The SMILES string of the molecule is O=C(NCc1ccccc1)C1CCCN1S(=O)(=O)c1cccs1. The third-order valence-electron chi connectivity index (χ3n) is 3.87. The Morgan fingerprint density at radius 2 is 2.00 bits per heavy atom. The van der Waals surface area contributed by atoms with Crippen molar-refractivity contribution in [1.82, 2.24) is 9.62 Å². The third kappa shape index (κ3) is 3.46. The van der Waals surface area contributed by atoms with Gasteiger partial charge in [-0.3, -0.25) is 4.79 Å². The summed E-state index contributed by atoms with van der Waals surface area (Å²) < 4.78 is 26.9. The summed E-state index contributed by atoms with van der Waals surface area (Å²) in [5.41, 5.74) is 0.992. The van der Waals surface area contributed by atoms with Crippen LogP contribution in [-0.2, 0) is 21.4 Å². The molecule has 1 atom stereocenters. The van der Waals surface area contributed by atoms with E-state index in [1.807, 2.05) is 30.3 Å². The number of nitrogens with one attached hydrogen (secondary N) is 1. The first-order valence-electron chi connectivity index (χ1n) is 7.46. The number of nitrogens with zero attached hydrogens (tertiary/aromatic N) is 1. The van der Waals surface area contributed by atoms with Crippen LogP contribution in [0.3, 0.4) is 0 Å². The van der Waals surface area contributed by atoms with Crippen LogP contribution in [0, 0.1) is 0 Å². The van der Waals surface area contributed by atoms with E-state index >= 15 is 0 Å². The molecule has 0 spiro atoms. The number of amides is 1. The van der Waals surface area contributed by atoms with Crippen molar-refractivity contribution >= 4 is 27.3 Å². The predicted octanol–water partition coefficient (Wildman–Crippen LogP) is 2.22. The lowest BCUT2D eigenvalue weighted by atomic mass is 10.2. The van der Waals surface area contributed by atoms with Gasteiger partial charge in [0.1, 0.15) is 10.3 Å². The molecular weight excluding hydrogens is 332 g/mol. The van der Waals surface area contributed by atoms with E-state index < -0.39 is 16.1 Å². The first-order valence-corrected chi connectivity index (χ1v) is 9.78. The van der Waals surface area contributed by atoms with Crippen LogP contribution in [0.2, 0.25) is 0 Å². The molecule has 23 heavy (non-hydrogen) atoms. The topological polar surface area (TPSA) is 66.5 Å². The predicted molar refractivity (Wildman–Crippen MR) is 89.5 cm³/mol. The molecule has 0 saturated carbocycles. The molecule has 0 aliphatic carbocycles. The van der Waals surface area contributed by atoms with Gasteiger partial charge in [0.2, 0.25) is 5.91 Å². The second-order valence-corrected chi connectivity index (χ2v) is 8.47. The minimum atomic E-state index is -3.58. The first kappa shape index (κ1) is 16.2. The van der Waals surface area contributed by atoms with Gasteiger partial charge in [0, 0.05) is 13.1 Å². The van der Waals surface area contributed by atoms with E-state index in [9.17, 15) is 13.2 Å². The average molecular weight is 350 g/mol. The number of hydrogen-bond donors (Lipinski definition) is 1. The monoisotopic (exact) mass is 350 g/mol. The fourth-order valence-electron chi connectivity index (χ4n) is 2.72. The second kappa shape index (κ2) is 6.82. The van der Waals surface area contributed by atoms with Crippen molar-refractivity contribution in [2.24, 2.45) is 0 Å². The van der Waals surface area contributed by atoms with Gasteiger partial charge in [-0.15, -0.1) is 11.3 Å². The van der Waals surface area contributed by atoms with Crippen LogP contribution >= 0.6 is 11.3 Å². The summed E-state index contributed by atoms with van der Waals surface area (Å²) in [6.45, 7) is 0.798. The van der Waals surface area contributed by atoms with Crippen LogP contribution in [0.25, 0.3) is 0 Å². The maximum absolute atomic E-state index is 12.6. The Bertz CT molecular complexity index is 758. The van der Waals surface area contributed by atoms with Gasteiger partial charge in [0.25, 0.3) is 10.0 Å². The lowest BCUT2D eigenvalue weighted by molar-refractivity contribution is -0.124. The van der Waals surface area contributed by atoms with E-state index in [0.29, 0.717) is 30.1 Å². The Labute approximate surface area is 140 Å². The van der Waals surface area contributed by atoms with Gasteiger partial charge in [-0.1, -0.05) is 36.4 Å². The highest BCUT2D eigenvalue weighted by atomic mass is 32.2. The highest BCUT2D eigenvalue weighted by Crippen LogP contribution is 2.28. The van der Waals surface area contributed by atoms with Crippen LogP contribution in [-0.4, -0.2) is 31.2 Å². The molecule has 5 nitrogen and oxygen atoms in total. The summed E-state index contributed by atoms with van der Waals surface area (Å²) in [6.07, 6.45) is 1.26. The Morgan fingerprint density at radius 1 is 1.22 bits per heavy atom. The van der Waals surface area contributed by atoms with Crippen molar-refractivity contribution < 1.29 is 13.2 Å². The van der Waals surface area contributed by atoms with Gasteiger partial charge in [0.15, 0.2) is 0 Å². The maximum Gasteiger partial charge on any atom is 0.253 e. The summed E-state index contributed by atoms with van der Waals surface area (Å²) in [5, 5.41) is 4.58. The Kier molecular flexibility index (Phi) is 4.79. The summed E-state index contributed by atoms with van der Waals surface area (Å²) in [6, 6.07) is 12.2. The van der Waals surface area contributed by atoms with Crippen molar-refractivity contribution in [3.63, 3.8) is 0 Å². The molecule has 1 saturated heterocycles.